The van der Waals surface area contributed by atoms with Crippen LogP contribution in [0, 0.1) is 12.7 Å². The first-order valence-corrected chi connectivity index (χ1v) is 11.5. The predicted octanol–water partition coefficient (Wildman–Crippen LogP) is 4.48. The van der Waals surface area contributed by atoms with Crippen LogP contribution in [0.25, 0.3) is 27.8 Å². The first-order valence-electron chi connectivity index (χ1n) is 9.21. The van der Waals surface area contributed by atoms with Crippen molar-refractivity contribution in [3.05, 3.63) is 82.6 Å². The lowest BCUT2D eigenvalue weighted by atomic mass is 10.0. The summed E-state index contributed by atoms with van der Waals surface area (Å²) in [5.41, 5.74) is 3.13. The molecule has 0 unspecified atom stereocenters. The van der Waals surface area contributed by atoms with Gasteiger partial charge in [0.05, 0.1) is 28.0 Å². The maximum Gasteiger partial charge on any atom is 0.267 e. The lowest BCUT2D eigenvalue weighted by Crippen LogP contribution is -2.30. The zero-order chi connectivity index (χ0) is 22.3. The molecule has 0 aliphatic rings. The second kappa shape index (κ2) is 7.79. The normalized spacial score (nSPS) is 11.6. The minimum absolute atomic E-state index is 0.0460. The van der Waals surface area contributed by atoms with Gasteiger partial charge in [-0.2, -0.15) is 5.10 Å². The molecule has 31 heavy (non-hydrogen) atoms. The SMILES string of the molecule is Cc1ccccc1-c1nn(-c2cc(F)c(C(=O)NS(C)(=O)=O)cc2Cl)c2ccccc12. The molecule has 1 heterocycles. The van der Waals surface area contributed by atoms with E-state index in [-0.39, 0.29) is 10.7 Å². The molecule has 9 heteroatoms. The highest BCUT2D eigenvalue weighted by Crippen LogP contribution is 2.34. The summed E-state index contributed by atoms with van der Waals surface area (Å²) in [5.74, 6) is -2.02. The van der Waals surface area contributed by atoms with E-state index in [4.69, 9.17) is 16.7 Å². The van der Waals surface area contributed by atoms with Gasteiger partial charge in [-0.15, -0.1) is 0 Å². The number of carbonyl (C=O) groups excluding carboxylic acids is 1. The molecule has 1 amide bonds. The van der Waals surface area contributed by atoms with Gasteiger partial charge in [-0.05, 0) is 24.6 Å². The Bertz CT molecular complexity index is 1450. The maximum atomic E-state index is 14.8. The van der Waals surface area contributed by atoms with E-state index in [0.717, 1.165) is 34.9 Å². The first kappa shape index (κ1) is 21.0. The quantitative estimate of drug-likeness (QED) is 0.490. The number of nitrogens with zero attached hydrogens (tertiary/aromatic N) is 2. The van der Waals surface area contributed by atoms with Gasteiger partial charge in [0.1, 0.15) is 11.5 Å². The van der Waals surface area contributed by atoms with Crippen molar-refractivity contribution in [1.82, 2.24) is 14.5 Å². The van der Waals surface area contributed by atoms with Crippen LogP contribution >= 0.6 is 11.6 Å². The van der Waals surface area contributed by atoms with Crippen molar-refractivity contribution in [3.63, 3.8) is 0 Å². The molecule has 0 aliphatic carbocycles. The van der Waals surface area contributed by atoms with Crippen LogP contribution in [-0.4, -0.2) is 30.4 Å². The van der Waals surface area contributed by atoms with Gasteiger partial charge in [0.2, 0.25) is 10.0 Å². The van der Waals surface area contributed by atoms with Crippen LogP contribution in [0.4, 0.5) is 4.39 Å². The van der Waals surface area contributed by atoms with Crippen molar-refractivity contribution in [2.75, 3.05) is 6.26 Å². The Morgan fingerprint density at radius 3 is 2.48 bits per heavy atom. The number of sulfonamides is 1. The van der Waals surface area contributed by atoms with E-state index in [0.29, 0.717) is 11.2 Å². The van der Waals surface area contributed by atoms with Gasteiger partial charge in [-0.25, -0.2) is 22.2 Å². The van der Waals surface area contributed by atoms with E-state index in [1.807, 2.05) is 55.5 Å². The summed E-state index contributed by atoms with van der Waals surface area (Å²) in [4.78, 5) is 12.1. The molecule has 6 nitrogen and oxygen atoms in total. The number of nitrogens with one attached hydrogen (secondary N) is 1. The molecule has 0 saturated heterocycles. The van der Waals surface area contributed by atoms with Crippen molar-refractivity contribution in [3.8, 4) is 16.9 Å². The first-order chi connectivity index (χ1) is 14.7. The Balaban J connectivity index is 1.90. The Kier molecular flexibility index (Phi) is 5.28. The highest BCUT2D eigenvalue weighted by atomic mass is 35.5. The second-order valence-corrected chi connectivity index (χ2v) is 9.23. The third kappa shape index (κ3) is 4.04. The number of carbonyl (C=O) groups is 1. The van der Waals surface area contributed by atoms with Crippen LogP contribution in [0.3, 0.4) is 0 Å². The van der Waals surface area contributed by atoms with E-state index >= 15 is 0 Å². The summed E-state index contributed by atoms with van der Waals surface area (Å²) in [6.07, 6.45) is 0.807. The number of aryl methyl sites for hydroxylation is 1. The van der Waals surface area contributed by atoms with Crippen LogP contribution in [0.1, 0.15) is 15.9 Å². The monoisotopic (exact) mass is 457 g/mol. The minimum atomic E-state index is -3.85. The van der Waals surface area contributed by atoms with Crippen molar-refractivity contribution in [2.45, 2.75) is 6.92 Å². The minimum Gasteiger partial charge on any atom is -0.268 e. The van der Waals surface area contributed by atoms with Gasteiger partial charge in [0.15, 0.2) is 0 Å². The van der Waals surface area contributed by atoms with Crippen molar-refractivity contribution in [2.24, 2.45) is 0 Å². The molecule has 4 rings (SSSR count). The predicted molar refractivity (Wildman–Crippen MR) is 119 cm³/mol. The number of halogens is 2. The highest BCUT2D eigenvalue weighted by Gasteiger charge is 2.21. The van der Waals surface area contributed by atoms with E-state index in [1.165, 1.54) is 4.68 Å². The van der Waals surface area contributed by atoms with Gasteiger partial charge in [0.25, 0.3) is 5.91 Å². The Morgan fingerprint density at radius 2 is 1.77 bits per heavy atom. The van der Waals surface area contributed by atoms with Gasteiger partial charge in [-0.1, -0.05) is 54.1 Å². The summed E-state index contributed by atoms with van der Waals surface area (Å²) < 4.78 is 40.7. The molecule has 0 saturated carbocycles. The standard InChI is InChI=1S/C22H17ClFN3O3S/c1-13-7-3-4-8-14(13)21-15-9-5-6-10-19(15)27(25-21)20-12-18(24)16(11-17(20)23)22(28)26-31(2,29)30/h3-12H,1-2H3,(H,26,28). The maximum absolute atomic E-state index is 14.8. The molecule has 3 aromatic carbocycles. The number of aromatic nitrogens is 2. The van der Waals surface area contributed by atoms with Crippen LogP contribution in [0.5, 0.6) is 0 Å². The van der Waals surface area contributed by atoms with Crippen molar-refractivity contribution >= 4 is 38.4 Å². The van der Waals surface area contributed by atoms with E-state index in [2.05, 4.69) is 0 Å². The van der Waals surface area contributed by atoms with Gasteiger partial charge < -0.3 is 0 Å². The fourth-order valence-corrected chi connectivity index (χ4v) is 4.07. The lowest BCUT2D eigenvalue weighted by Gasteiger charge is -2.10. The lowest BCUT2D eigenvalue weighted by molar-refractivity contribution is 0.0978. The van der Waals surface area contributed by atoms with Crippen LogP contribution in [-0.2, 0) is 10.0 Å². The zero-order valence-corrected chi connectivity index (χ0v) is 18.1. The van der Waals surface area contributed by atoms with Gasteiger partial charge in [0, 0.05) is 17.0 Å². The van der Waals surface area contributed by atoms with E-state index < -0.39 is 27.3 Å². The van der Waals surface area contributed by atoms with Crippen molar-refractivity contribution in [1.29, 1.82) is 0 Å². The summed E-state index contributed by atoms with van der Waals surface area (Å²) in [5, 5.41) is 5.60. The largest absolute Gasteiger partial charge is 0.268 e. The third-order valence-electron chi connectivity index (χ3n) is 4.77. The van der Waals surface area contributed by atoms with Crippen LogP contribution in [0.15, 0.2) is 60.7 Å². The third-order valence-corrected chi connectivity index (χ3v) is 5.63. The number of fused-ring (bicyclic) bond motifs is 1. The van der Waals surface area contributed by atoms with Crippen LogP contribution in [0.2, 0.25) is 5.02 Å². The second-order valence-electron chi connectivity index (χ2n) is 7.08. The average Bonchev–Trinajstić information content (AvgIpc) is 3.08. The number of benzene rings is 3. The fraction of sp³-hybridized carbons (Fsp3) is 0.0909. The van der Waals surface area contributed by atoms with Crippen molar-refractivity contribution < 1.29 is 17.6 Å². The smallest absolute Gasteiger partial charge is 0.267 e. The van der Waals surface area contributed by atoms with E-state index in [9.17, 15) is 17.6 Å². The zero-order valence-electron chi connectivity index (χ0n) is 16.6. The molecular weight excluding hydrogens is 441 g/mol. The number of hydrogen-bond donors (Lipinski definition) is 1. The van der Waals surface area contributed by atoms with Gasteiger partial charge in [-0.3, -0.25) is 4.79 Å². The molecular formula is C22H17ClFN3O3S. The molecule has 0 spiro atoms. The summed E-state index contributed by atoms with van der Waals surface area (Å²) in [6.45, 7) is 1.98. The molecule has 0 bridgehead atoms. The molecule has 1 aromatic heterocycles. The Labute approximate surface area is 183 Å². The summed E-state index contributed by atoms with van der Waals surface area (Å²) in [7, 11) is -3.85. The topological polar surface area (TPSA) is 81.1 Å². The molecule has 4 aromatic rings. The summed E-state index contributed by atoms with van der Waals surface area (Å²) in [6, 6.07) is 17.4. The number of amides is 1. The van der Waals surface area contributed by atoms with Gasteiger partial charge >= 0.3 is 0 Å². The number of para-hydroxylation sites is 1. The Morgan fingerprint density at radius 1 is 1.10 bits per heavy atom. The van der Waals surface area contributed by atoms with E-state index in [1.54, 1.807) is 4.72 Å². The highest BCUT2D eigenvalue weighted by molar-refractivity contribution is 7.89. The van der Waals surface area contributed by atoms with Crippen LogP contribution < -0.4 is 4.72 Å². The molecule has 0 fully saturated rings. The molecule has 0 aliphatic heterocycles. The molecule has 0 atom stereocenters. The number of hydrogen-bond acceptors (Lipinski definition) is 4. The molecule has 0 radical (unpaired) electrons. The number of rotatable bonds is 4. The molecule has 158 valence electrons. The average molecular weight is 458 g/mol. The molecule has 1 N–H and O–H groups in total. The Hall–Kier alpha value is -3.23. The summed E-state index contributed by atoms with van der Waals surface area (Å²) >= 11 is 6.38. The fourth-order valence-electron chi connectivity index (χ4n) is 3.38.